The Hall–Kier alpha value is -3.10. The summed E-state index contributed by atoms with van der Waals surface area (Å²) in [6.45, 7) is 38.0. The predicted molar refractivity (Wildman–Crippen MR) is 263 cm³/mol. The average molecular weight is 842 g/mol. The topological polar surface area (TPSA) is 74.0 Å². The monoisotopic (exact) mass is 842 g/mol. The number of aliphatic carboxylic acids is 1. The number of likely N-dealkylation sites (N-methyl/N-ethyl adjacent to an activating group) is 1. The standard InChI is InChI=1S/C24H41N5.C11H20O2.C6H5F.C3H8.3C2H6.C2H4/c1-18(2)26-23-10-9-19(3)12-21(23)15-27(5)24(22-13-25-28(6)16-22)17-29-11-7-8-20(4)14-29;1-2-3-9-4-6-10(7-5-9)8-11(12)13;7-6-4-2-1-3-5-6;1-3-2;4*1-2/h13,16,19-20,24H,7-12,14-15,17H2,1-6H3;9-10H,2-8H2,1H3,(H,12,13);1-5H;3H2,1-2H3;3*1-2H3;1-2H2/t19?,20-,24-;;;;;;;/m0......./s1. The molecule has 1 saturated carbocycles. The van der Waals surface area contributed by atoms with Gasteiger partial charge in [0.25, 0.3) is 0 Å². The largest absolute Gasteiger partial charge is 0.481 e. The van der Waals surface area contributed by atoms with Gasteiger partial charge in [0.05, 0.1) is 12.2 Å². The number of hydrogen-bond donors (Lipinski definition) is 1. The molecule has 2 heterocycles. The molecular formula is C52H96FN5O2. The summed E-state index contributed by atoms with van der Waals surface area (Å²) in [7, 11) is 4.31. The molecule has 0 radical (unpaired) electrons. The fourth-order valence-electron chi connectivity index (χ4n) is 7.78. The molecule has 2 aromatic rings. The van der Waals surface area contributed by atoms with Gasteiger partial charge in [-0.05, 0) is 114 Å². The second-order valence-electron chi connectivity index (χ2n) is 16.1. The normalized spacial score (nSPS) is 19.9. The smallest absolute Gasteiger partial charge is 0.303 e. The molecule has 1 N–H and O–H groups in total. The lowest BCUT2D eigenvalue weighted by Crippen LogP contribution is -2.41. The van der Waals surface area contributed by atoms with Gasteiger partial charge in [-0.15, -0.1) is 13.2 Å². The molecule has 60 heavy (non-hydrogen) atoms. The molecule has 0 spiro atoms. The van der Waals surface area contributed by atoms with E-state index in [1.165, 1.54) is 106 Å². The molecule has 348 valence electrons. The SMILES string of the molecule is C=C.CC.CC.CC.CC(C)=NC1=C(CN(C)[C@@H](CN2CCC[C@H](C)C2)c2cnn(C)c2)CC(C)CC1.CCC.CCCC1CCC(CC(=O)O)CC1.Fc1ccccc1. The Morgan fingerprint density at radius 3 is 1.95 bits per heavy atom. The van der Waals surface area contributed by atoms with Crippen LogP contribution < -0.4 is 0 Å². The zero-order valence-corrected chi connectivity index (χ0v) is 41.8. The Kier molecular flexibility index (Phi) is 40.8. The Bertz CT molecular complexity index is 1330. The second-order valence-corrected chi connectivity index (χ2v) is 16.1. The zero-order chi connectivity index (χ0) is 46.5. The van der Waals surface area contributed by atoms with Crippen LogP contribution in [0.5, 0.6) is 0 Å². The molecule has 1 unspecified atom stereocenters. The number of carbonyl (C=O) groups is 1. The van der Waals surface area contributed by atoms with Crippen molar-refractivity contribution >= 4 is 11.7 Å². The average Bonchev–Trinajstić information content (AvgIpc) is 3.68. The maximum absolute atomic E-state index is 11.9. The van der Waals surface area contributed by atoms with Crippen molar-refractivity contribution < 1.29 is 14.3 Å². The van der Waals surface area contributed by atoms with Crippen LogP contribution in [0.15, 0.2) is 72.1 Å². The predicted octanol–water partition coefficient (Wildman–Crippen LogP) is 14.9. The molecule has 1 saturated heterocycles. The maximum Gasteiger partial charge on any atom is 0.303 e. The van der Waals surface area contributed by atoms with Gasteiger partial charge in [-0.3, -0.25) is 19.4 Å². The molecule has 3 aliphatic rings. The van der Waals surface area contributed by atoms with Gasteiger partial charge in [0.1, 0.15) is 5.82 Å². The van der Waals surface area contributed by atoms with E-state index in [4.69, 9.17) is 10.1 Å². The number of carboxylic acid groups (broad SMARTS) is 1. The summed E-state index contributed by atoms with van der Waals surface area (Å²) in [4.78, 5) is 20.6. The highest BCUT2D eigenvalue weighted by molar-refractivity contribution is 5.80. The number of rotatable bonds is 11. The van der Waals surface area contributed by atoms with Crippen LogP contribution in [0.3, 0.4) is 0 Å². The second kappa shape index (κ2) is 40.0. The van der Waals surface area contributed by atoms with E-state index < -0.39 is 5.97 Å². The first kappa shape index (κ1) is 61.2. The number of aromatic nitrogens is 2. The number of piperidine rings is 1. The van der Waals surface area contributed by atoms with E-state index >= 15 is 0 Å². The third-order valence-corrected chi connectivity index (χ3v) is 10.3. The highest BCUT2D eigenvalue weighted by atomic mass is 19.1. The van der Waals surface area contributed by atoms with E-state index in [1.54, 1.807) is 18.2 Å². The van der Waals surface area contributed by atoms with Gasteiger partial charge in [0.2, 0.25) is 0 Å². The van der Waals surface area contributed by atoms with Gasteiger partial charge in [-0.2, -0.15) is 5.10 Å². The first-order chi connectivity index (χ1) is 28.8. The van der Waals surface area contributed by atoms with Crippen molar-refractivity contribution in [1.82, 2.24) is 19.6 Å². The number of carboxylic acids is 1. The van der Waals surface area contributed by atoms with E-state index in [1.807, 2.05) is 53.3 Å². The Morgan fingerprint density at radius 2 is 1.50 bits per heavy atom. The van der Waals surface area contributed by atoms with Crippen LogP contribution in [0.4, 0.5) is 4.39 Å². The summed E-state index contributed by atoms with van der Waals surface area (Å²) in [6, 6.07) is 8.31. The number of nitrogens with zero attached hydrogens (tertiary/aromatic N) is 5. The van der Waals surface area contributed by atoms with Gasteiger partial charge in [-0.25, -0.2) is 4.39 Å². The van der Waals surface area contributed by atoms with Crippen LogP contribution in [0.1, 0.15) is 185 Å². The van der Waals surface area contributed by atoms with Gasteiger partial charge in [0.15, 0.2) is 0 Å². The number of benzene rings is 1. The van der Waals surface area contributed by atoms with E-state index in [0.29, 0.717) is 18.4 Å². The zero-order valence-electron chi connectivity index (χ0n) is 41.8. The fraction of sp³-hybridized carbons (Fsp3) is 0.712. The van der Waals surface area contributed by atoms with Crippen LogP contribution in [-0.4, -0.2) is 69.6 Å². The highest BCUT2D eigenvalue weighted by Gasteiger charge is 2.27. The lowest BCUT2D eigenvalue weighted by molar-refractivity contribution is -0.138. The molecular weight excluding hydrogens is 746 g/mol. The van der Waals surface area contributed by atoms with Crippen LogP contribution in [0, 0.1) is 29.5 Å². The summed E-state index contributed by atoms with van der Waals surface area (Å²) >= 11 is 0. The molecule has 2 fully saturated rings. The number of allylic oxidation sites excluding steroid dienone is 1. The fourth-order valence-corrected chi connectivity index (χ4v) is 7.78. The number of hydrogen-bond acceptors (Lipinski definition) is 5. The van der Waals surface area contributed by atoms with Crippen LogP contribution >= 0.6 is 0 Å². The van der Waals surface area contributed by atoms with Crippen molar-refractivity contribution in [3.63, 3.8) is 0 Å². The lowest BCUT2D eigenvalue weighted by atomic mass is 9.79. The molecule has 7 nitrogen and oxygen atoms in total. The third kappa shape index (κ3) is 29.2. The molecule has 3 atom stereocenters. The summed E-state index contributed by atoms with van der Waals surface area (Å²) in [5.41, 5.74) is 5.37. The van der Waals surface area contributed by atoms with Crippen molar-refractivity contribution in [3.05, 3.63) is 78.5 Å². The van der Waals surface area contributed by atoms with Gasteiger partial charge in [0, 0.05) is 56.3 Å². The Balaban J connectivity index is -0.000000862. The molecule has 0 amide bonds. The number of halogens is 1. The molecule has 0 bridgehead atoms. The van der Waals surface area contributed by atoms with Gasteiger partial charge >= 0.3 is 5.97 Å². The minimum absolute atomic E-state index is 0.178. The van der Waals surface area contributed by atoms with Crippen molar-refractivity contribution in [3.8, 4) is 0 Å². The van der Waals surface area contributed by atoms with E-state index in [9.17, 15) is 9.18 Å². The van der Waals surface area contributed by atoms with E-state index in [0.717, 1.165) is 50.1 Å². The highest BCUT2D eigenvalue weighted by Crippen LogP contribution is 2.34. The minimum Gasteiger partial charge on any atom is -0.481 e. The van der Waals surface area contributed by atoms with Crippen molar-refractivity contribution in [2.45, 2.75) is 180 Å². The number of aliphatic imine (C=N–C) groups is 1. The van der Waals surface area contributed by atoms with Gasteiger partial charge < -0.3 is 10.0 Å². The number of likely N-dealkylation sites (tertiary alicyclic amines) is 1. The summed E-state index contributed by atoms with van der Waals surface area (Å²) in [6.07, 6.45) is 19.5. The number of aryl methyl sites for hydroxylation is 1. The molecule has 2 aliphatic carbocycles. The Morgan fingerprint density at radius 1 is 0.933 bits per heavy atom. The van der Waals surface area contributed by atoms with E-state index in [2.05, 4.69) is 96.0 Å². The molecule has 1 aliphatic heterocycles. The third-order valence-electron chi connectivity index (χ3n) is 10.3. The maximum atomic E-state index is 11.9. The molecule has 1 aromatic carbocycles. The van der Waals surface area contributed by atoms with Crippen molar-refractivity contribution in [2.24, 2.45) is 35.7 Å². The quantitative estimate of drug-likeness (QED) is 0.180. The summed E-state index contributed by atoms with van der Waals surface area (Å²) < 4.78 is 13.8. The summed E-state index contributed by atoms with van der Waals surface area (Å²) in [5, 5.41) is 13.1. The first-order valence-electron chi connectivity index (χ1n) is 23.9. The molecule has 1 aromatic heterocycles. The van der Waals surface area contributed by atoms with Crippen LogP contribution in [0.2, 0.25) is 0 Å². The van der Waals surface area contributed by atoms with Crippen LogP contribution in [-0.2, 0) is 11.8 Å². The lowest BCUT2D eigenvalue weighted by Gasteiger charge is -2.37. The van der Waals surface area contributed by atoms with E-state index in [-0.39, 0.29) is 5.82 Å². The molecule has 8 heteroatoms. The van der Waals surface area contributed by atoms with Crippen molar-refractivity contribution in [1.29, 1.82) is 0 Å². The van der Waals surface area contributed by atoms with Crippen LogP contribution in [0.25, 0.3) is 0 Å². The molecule has 5 rings (SSSR count). The summed E-state index contributed by atoms with van der Waals surface area (Å²) in [5.74, 6) is 2.11. The minimum atomic E-state index is -0.626. The first-order valence-corrected chi connectivity index (χ1v) is 23.9. The Labute approximate surface area is 371 Å². The van der Waals surface area contributed by atoms with Gasteiger partial charge in [-0.1, -0.05) is 126 Å². The van der Waals surface area contributed by atoms with Crippen molar-refractivity contribution in [2.75, 3.05) is 33.2 Å².